The molecule has 4 unspecified atom stereocenters. The molecule has 13 heteroatoms. The number of rotatable bonds is 14. The lowest BCUT2D eigenvalue weighted by atomic mass is 9.85. The molecule has 0 aromatic rings. The van der Waals surface area contributed by atoms with Crippen molar-refractivity contribution < 1.29 is 48.0 Å². The Balaban J connectivity index is 1.45. The van der Waals surface area contributed by atoms with Crippen LogP contribution < -0.4 is 0 Å². The Morgan fingerprint density at radius 1 is 0.947 bits per heavy atom. The molecule has 6 atom stereocenters. The van der Waals surface area contributed by atoms with E-state index in [9.17, 15) is 24.3 Å². The van der Waals surface area contributed by atoms with Crippen LogP contribution in [0.4, 0.5) is 0 Å². The van der Waals surface area contributed by atoms with Crippen LogP contribution >= 0.6 is 31.9 Å². The Morgan fingerprint density at radius 2 is 1.53 bits per heavy atom. The lowest BCUT2D eigenvalue weighted by Crippen LogP contribution is -2.44. The number of hydrogen-bond acceptors (Lipinski definition) is 10. The van der Waals surface area contributed by atoms with Gasteiger partial charge in [0, 0.05) is 0 Å². The third-order valence-electron chi connectivity index (χ3n) is 6.57. The van der Waals surface area contributed by atoms with E-state index >= 15 is 0 Å². The van der Waals surface area contributed by atoms with Crippen LogP contribution in [0.25, 0.3) is 0 Å². The Hall–Kier alpha value is -1.38. The second-order valence-corrected chi connectivity index (χ2v) is 14.9. The summed E-state index contributed by atoms with van der Waals surface area (Å²) < 4.78 is 25.5. The number of aliphatic hydroxyl groups excluding tert-OH is 1. The molecule has 11 nitrogen and oxygen atoms in total. The quantitative estimate of drug-likeness (QED) is 0.0727. The molecule has 0 saturated carbocycles. The lowest BCUT2D eigenvalue weighted by molar-refractivity contribution is -0.181. The molecule has 3 heterocycles. The van der Waals surface area contributed by atoms with Crippen molar-refractivity contribution in [3.63, 3.8) is 0 Å². The molecule has 0 spiro atoms. The zero-order valence-electron chi connectivity index (χ0n) is 22.1. The Kier molecular flexibility index (Phi) is 9.85. The van der Waals surface area contributed by atoms with Gasteiger partial charge in [0.15, 0.2) is 6.29 Å². The van der Waals surface area contributed by atoms with Crippen molar-refractivity contribution in [1.82, 2.24) is 4.90 Å². The minimum atomic E-state index is -1.41. The number of likely N-dealkylation sites (tertiary alicyclic amines) is 1. The zero-order chi connectivity index (χ0) is 28.5. The van der Waals surface area contributed by atoms with Gasteiger partial charge in [-0.05, 0) is 34.6 Å². The van der Waals surface area contributed by atoms with Gasteiger partial charge in [0.1, 0.15) is 23.0 Å². The summed E-state index contributed by atoms with van der Waals surface area (Å²) in [6.45, 7) is 7.60. The fourth-order valence-corrected chi connectivity index (χ4v) is 4.47. The summed E-state index contributed by atoms with van der Waals surface area (Å²) in [7, 11) is 0. The first-order valence-corrected chi connectivity index (χ1v) is 13.9. The number of hydrogen-bond donors (Lipinski definition) is 1. The SMILES string of the molecule is CC(C)(Br)C(=O)OCC(C)(COC(O)C(C)(C)Br)C(=O)OCCOCCN1C(=O)[C@@H]2C3C=CC(O3)[C@@H]2C1=O. The molecule has 0 aliphatic carbocycles. The number of carbonyl (C=O) groups excluding carboxylic acids is 4. The van der Waals surface area contributed by atoms with Gasteiger partial charge in [-0.25, -0.2) is 0 Å². The van der Waals surface area contributed by atoms with Crippen molar-refractivity contribution in [3.05, 3.63) is 12.2 Å². The Morgan fingerprint density at radius 3 is 2.05 bits per heavy atom. The highest BCUT2D eigenvalue weighted by Crippen LogP contribution is 2.44. The van der Waals surface area contributed by atoms with Crippen molar-refractivity contribution in [2.24, 2.45) is 17.3 Å². The third kappa shape index (κ3) is 7.03. The molecular weight excluding hydrogens is 634 g/mol. The summed E-state index contributed by atoms with van der Waals surface area (Å²) in [6, 6.07) is 0. The number of ether oxygens (including phenoxy) is 5. The van der Waals surface area contributed by atoms with E-state index in [2.05, 4.69) is 31.9 Å². The molecule has 0 radical (unpaired) electrons. The van der Waals surface area contributed by atoms with Gasteiger partial charge in [0.25, 0.3) is 0 Å². The van der Waals surface area contributed by atoms with E-state index in [0.29, 0.717) is 0 Å². The molecule has 3 aliphatic heterocycles. The highest BCUT2D eigenvalue weighted by atomic mass is 79.9. The smallest absolute Gasteiger partial charge is 0.322 e. The maximum Gasteiger partial charge on any atom is 0.322 e. The number of nitrogens with zero attached hydrogens (tertiary/aromatic N) is 1. The molecule has 3 rings (SSSR count). The van der Waals surface area contributed by atoms with Crippen molar-refractivity contribution >= 4 is 55.6 Å². The standard InChI is InChI=1S/C25H35Br2NO10/c1-23(2,26)20(31)36-12-25(5,13-37-21(32)24(3,4)27)22(33)35-11-10-34-9-8-28-18(29)16-14-6-7-15(38-14)17(16)19(28)30/h6-7,14-17,20,31H,8-13H2,1-5H3/t14?,15?,16-,17+,20?,25?. The van der Waals surface area contributed by atoms with Gasteiger partial charge in [-0.15, -0.1) is 0 Å². The normalized spacial score (nSPS) is 26.9. The summed E-state index contributed by atoms with van der Waals surface area (Å²) in [5, 5.41) is 10.2. The molecule has 214 valence electrons. The molecule has 38 heavy (non-hydrogen) atoms. The van der Waals surface area contributed by atoms with Crippen LogP contribution in [0, 0.1) is 17.3 Å². The molecule has 2 fully saturated rings. The maximum atomic E-state index is 12.9. The van der Waals surface area contributed by atoms with Gasteiger partial charge in [0.2, 0.25) is 11.8 Å². The minimum absolute atomic E-state index is 0.0208. The summed E-state index contributed by atoms with van der Waals surface area (Å²) >= 11 is 6.52. The second-order valence-electron chi connectivity index (χ2n) is 10.9. The first kappa shape index (κ1) is 31.2. The number of amides is 2. The maximum absolute atomic E-state index is 12.9. The highest BCUT2D eigenvalue weighted by Gasteiger charge is 2.60. The van der Waals surface area contributed by atoms with Crippen LogP contribution in [0.15, 0.2) is 12.2 Å². The Labute approximate surface area is 238 Å². The molecule has 0 aromatic carbocycles. The highest BCUT2D eigenvalue weighted by molar-refractivity contribution is 9.10. The fourth-order valence-electron chi connectivity index (χ4n) is 4.23. The van der Waals surface area contributed by atoms with Crippen molar-refractivity contribution in [2.45, 2.75) is 61.8 Å². The summed E-state index contributed by atoms with van der Waals surface area (Å²) in [6.07, 6.45) is 1.73. The molecule has 2 saturated heterocycles. The van der Waals surface area contributed by atoms with Crippen LogP contribution in [0.3, 0.4) is 0 Å². The predicted molar refractivity (Wildman–Crippen MR) is 140 cm³/mol. The van der Waals surface area contributed by atoms with Crippen LogP contribution in [-0.4, -0.2) is 100 Å². The van der Waals surface area contributed by atoms with Crippen LogP contribution in [0.1, 0.15) is 34.6 Å². The average Bonchev–Trinajstić information content (AvgIpc) is 3.51. The topological polar surface area (TPSA) is 138 Å². The van der Waals surface area contributed by atoms with Crippen LogP contribution in [0.2, 0.25) is 0 Å². The van der Waals surface area contributed by atoms with E-state index < -0.39 is 44.1 Å². The first-order valence-electron chi connectivity index (χ1n) is 12.3. The number of aliphatic hydroxyl groups is 1. The average molecular weight is 669 g/mol. The fraction of sp³-hybridized carbons (Fsp3) is 0.760. The van der Waals surface area contributed by atoms with E-state index in [-0.39, 0.29) is 63.6 Å². The van der Waals surface area contributed by atoms with E-state index in [1.54, 1.807) is 27.7 Å². The predicted octanol–water partition coefficient (Wildman–Crippen LogP) is 1.72. The second kappa shape index (κ2) is 12.0. The van der Waals surface area contributed by atoms with Gasteiger partial charge < -0.3 is 28.8 Å². The Bertz CT molecular complexity index is 929. The lowest BCUT2D eigenvalue weighted by Gasteiger charge is -2.31. The first-order chi connectivity index (χ1) is 17.6. The van der Waals surface area contributed by atoms with Crippen LogP contribution in [0.5, 0.6) is 0 Å². The molecule has 2 amide bonds. The van der Waals surface area contributed by atoms with E-state index in [1.807, 2.05) is 12.2 Å². The number of esters is 2. The summed E-state index contributed by atoms with van der Waals surface area (Å²) in [4.78, 5) is 51.6. The zero-order valence-corrected chi connectivity index (χ0v) is 25.3. The van der Waals surface area contributed by atoms with Gasteiger partial charge in [-0.3, -0.25) is 24.1 Å². The van der Waals surface area contributed by atoms with Gasteiger partial charge in [0.05, 0.1) is 54.7 Å². The number of halogens is 2. The molecule has 3 aliphatic rings. The summed E-state index contributed by atoms with van der Waals surface area (Å²) in [5.41, 5.74) is -1.41. The van der Waals surface area contributed by atoms with Gasteiger partial charge in [-0.2, -0.15) is 0 Å². The van der Waals surface area contributed by atoms with Crippen molar-refractivity contribution in [3.8, 4) is 0 Å². The van der Waals surface area contributed by atoms with E-state index in [1.165, 1.54) is 11.8 Å². The molecule has 2 bridgehead atoms. The number of carbonyl (C=O) groups is 4. The van der Waals surface area contributed by atoms with E-state index in [0.717, 1.165) is 0 Å². The molecule has 0 aromatic heterocycles. The number of alkyl halides is 2. The monoisotopic (exact) mass is 667 g/mol. The van der Waals surface area contributed by atoms with E-state index in [4.69, 9.17) is 23.7 Å². The van der Waals surface area contributed by atoms with Gasteiger partial charge >= 0.3 is 11.9 Å². The van der Waals surface area contributed by atoms with Crippen molar-refractivity contribution in [2.75, 3.05) is 39.6 Å². The molecular formula is C25H35Br2NO10. The van der Waals surface area contributed by atoms with Gasteiger partial charge in [-0.1, -0.05) is 44.0 Å². The van der Waals surface area contributed by atoms with Crippen LogP contribution in [-0.2, 0) is 42.9 Å². The number of fused-ring (bicyclic) bond motifs is 5. The molecule has 1 N–H and O–H groups in total. The minimum Gasteiger partial charge on any atom is -0.463 e. The third-order valence-corrected chi connectivity index (χ3v) is 7.28. The number of imide groups is 1. The summed E-state index contributed by atoms with van der Waals surface area (Å²) in [5.74, 6) is -2.71. The van der Waals surface area contributed by atoms with Crippen molar-refractivity contribution in [1.29, 1.82) is 0 Å². The largest absolute Gasteiger partial charge is 0.463 e.